The molecule has 88 valence electrons. The standard InChI is InChI=1S/C14H15ClN2/c1-11-5-3-4-6-13(11)17(2)10-12-7-8-14(15)16-9-12/h3-9H,10H2,1-2H3. The maximum absolute atomic E-state index is 5.77. The smallest absolute Gasteiger partial charge is 0.129 e. The van der Waals surface area contributed by atoms with Crippen LogP contribution >= 0.6 is 11.6 Å². The number of anilines is 1. The first-order chi connectivity index (χ1) is 8.16. The van der Waals surface area contributed by atoms with Crippen LogP contribution in [0.2, 0.25) is 5.15 Å². The highest BCUT2D eigenvalue weighted by Crippen LogP contribution is 2.19. The van der Waals surface area contributed by atoms with Gasteiger partial charge >= 0.3 is 0 Å². The lowest BCUT2D eigenvalue weighted by Gasteiger charge is -2.21. The molecule has 0 aliphatic carbocycles. The molecule has 0 aliphatic rings. The van der Waals surface area contributed by atoms with Crippen LogP contribution in [0, 0.1) is 6.92 Å². The van der Waals surface area contributed by atoms with Gasteiger partial charge in [0.25, 0.3) is 0 Å². The zero-order chi connectivity index (χ0) is 12.3. The third kappa shape index (κ3) is 2.98. The highest BCUT2D eigenvalue weighted by atomic mass is 35.5. The summed E-state index contributed by atoms with van der Waals surface area (Å²) in [4.78, 5) is 6.30. The maximum Gasteiger partial charge on any atom is 0.129 e. The van der Waals surface area contributed by atoms with E-state index in [9.17, 15) is 0 Å². The molecule has 0 unspecified atom stereocenters. The van der Waals surface area contributed by atoms with E-state index >= 15 is 0 Å². The summed E-state index contributed by atoms with van der Waals surface area (Å²) in [5, 5.41) is 0.535. The number of nitrogens with zero attached hydrogens (tertiary/aromatic N) is 2. The lowest BCUT2D eigenvalue weighted by Crippen LogP contribution is -2.17. The van der Waals surface area contributed by atoms with Crippen LogP contribution < -0.4 is 4.90 Å². The molecule has 0 aliphatic heterocycles. The molecule has 1 heterocycles. The minimum Gasteiger partial charge on any atom is -0.370 e. The van der Waals surface area contributed by atoms with E-state index in [0.717, 1.165) is 12.1 Å². The van der Waals surface area contributed by atoms with E-state index in [1.165, 1.54) is 11.3 Å². The Morgan fingerprint density at radius 1 is 1.18 bits per heavy atom. The number of rotatable bonds is 3. The minimum atomic E-state index is 0.535. The summed E-state index contributed by atoms with van der Waals surface area (Å²) in [6.45, 7) is 2.95. The molecule has 0 radical (unpaired) electrons. The van der Waals surface area contributed by atoms with Crippen molar-refractivity contribution in [3.63, 3.8) is 0 Å². The van der Waals surface area contributed by atoms with Crippen LogP contribution in [0.5, 0.6) is 0 Å². The summed E-state index contributed by atoms with van der Waals surface area (Å²) in [7, 11) is 2.08. The predicted molar refractivity (Wildman–Crippen MR) is 72.5 cm³/mol. The highest BCUT2D eigenvalue weighted by molar-refractivity contribution is 6.29. The first-order valence-corrected chi connectivity index (χ1v) is 5.92. The number of pyridine rings is 1. The van der Waals surface area contributed by atoms with Crippen molar-refractivity contribution in [2.24, 2.45) is 0 Å². The SMILES string of the molecule is Cc1ccccc1N(C)Cc1ccc(Cl)nc1. The van der Waals surface area contributed by atoms with E-state index in [1.807, 2.05) is 18.3 Å². The summed E-state index contributed by atoms with van der Waals surface area (Å²) in [5.74, 6) is 0. The monoisotopic (exact) mass is 246 g/mol. The van der Waals surface area contributed by atoms with Crippen molar-refractivity contribution in [3.8, 4) is 0 Å². The first-order valence-electron chi connectivity index (χ1n) is 5.54. The van der Waals surface area contributed by atoms with E-state index in [-0.39, 0.29) is 0 Å². The maximum atomic E-state index is 5.77. The van der Waals surface area contributed by atoms with Gasteiger partial charge in [-0.15, -0.1) is 0 Å². The van der Waals surface area contributed by atoms with E-state index in [0.29, 0.717) is 5.15 Å². The van der Waals surface area contributed by atoms with Crippen molar-refractivity contribution in [2.75, 3.05) is 11.9 Å². The third-order valence-corrected chi connectivity index (χ3v) is 2.96. The van der Waals surface area contributed by atoms with E-state index in [1.54, 1.807) is 0 Å². The van der Waals surface area contributed by atoms with Crippen molar-refractivity contribution >= 4 is 17.3 Å². The van der Waals surface area contributed by atoms with Crippen molar-refractivity contribution in [1.29, 1.82) is 0 Å². The molecule has 2 nitrogen and oxygen atoms in total. The highest BCUT2D eigenvalue weighted by Gasteiger charge is 2.04. The fourth-order valence-electron chi connectivity index (χ4n) is 1.85. The number of aryl methyl sites for hydroxylation is 1. The van der Waals surface area contributed by atoms with Gasteiger partial charge in [-0.1, -0.05) is 35.9 Å². The normalized spacial score (nSPS) is 10.3. The molecule has 0 atom stereocenters. The van der Waals surface area contributed by atoms with Crippen LogP contribution in [0.3, 0.4) is 0 Å². The average Bonchev–Trinajstić information content (AvgIpc) is 2.32. The Labute approximate surface area is 107 Å². The topological polar surface area (TPSA) is 16.1 Å². The second kappa shape index (κ2) is 5.19. The lowest BCUT2D eigenvalue weighted by atomic mass is 10.1. The number of para-hydroxylation sites is 1. The molecule has 0 amide bonds. The summed E-state index contributed by atoms with van der Waals surface area (Å²) < 4.78 is 0. The van der Waals surface area contributed by atoms with Crippen LogP contribution in [-0.2, 0) is 6.54 Å². The summed E-state index contributed by atoms with van der Waals surface area (Å²) in [5.41, 5.74) is 3.67. The fourth-order valence-corrected chi connectivity index (χ4v) is 1.96. The van der Waals surface area contributed by atoms with Gasteiger partial charge in [0.1, 0.15) is 5.15 Å². The largest absolute Gasteiger partial charge is 0.370 e. The van der Waals surface area contributed by atoms with Gasteiger partial charge in [0.05, 0.1) is 0 Å². The molecule has 0 fully saturated rings. The van der Waals surface area contributed by atoms with Crippen LogP contribution in [-0.4, -0.2) is 12.0 Å². The average molecular weight is 247 g/mol. The van der Waals surface area contributed by atoms with Gasteiger partial charge in [0.15, 0.2) is 0 Å². The van der Waals surface area contributed by atoms with Crippen molar-refractivity contribution in [3.05, 3.63) is 58.9 Å². The molecule has 2 rings (SSSR count). The molecule has 0 N–H and O–H groups in total. The van der Waals surface area contributed by atoms with Gasteiger partial charge in [-0.2, -0.15) is 0 Å². The molecule has 17 heavy (non-hydrogen) atoms. The fraction of sp³-hybridized carbons (Fsp3) is 0.214. The number of benzene rings is 1. The molecule has 1 aromatic heterocycles. The van der Waals surface area contributed by atoms with Crippen molar-refractivity contribution in [1.82, 2.24) is 4.98 Å². The summed E-state index contributed by atoms with van der Waals surface area (Å²) in [6.07, 6.45) is 1.82. The number of halogens is 1. The van der Waals surface area contributed by atoms with Crippen molar-refractivity contribution in [2.45, 2.75) is 13.5 Å². The number of hydrogen-bond acceptors (Lipinski definition) is 2. The van der Waals surface area contributed by atoms with E-state index in [4.69, 9.17) is 11.6 Å². The summed E-state index contributed by atoms with van der Waals surface area (Å²) >= 11 is 5.77. The molecular weight excluding hydrogens is 232 g/mol. The first kappa shape index (κ1) is 11.9. The Kier molecular flexibility index (Phi) is 3.64. The molecule has 2 aromatic rings. The second-order valence-electron chi connectivity index (χ2n) is 4.13. The number of hydrogen-bond donors (Lipinski definition) is 0. The van der Waals surface area contributed by atoms with E-state index < -0.39 is 0 Å². The van der Waals surface area contributed by atoms with Crippen LogP contribution in [0.4, 0.5) is 5.69 Å². The van der Waals surface area contributed by atoms with Gasteiger partial charge in [-0.05, 0) is 30.2 Å². The Balaban J connectivity index is 2.14. The van der Waals surface area contributed by atoms with E-state index in [2.05, 4.69) is 48.1 Å². The summed E-state index contributed by atoms with van der Waals surface area (Å²) in [6, 6.07) is 12.2. The Hall–Kier alpha value is -1.54. The lowest BCUT2D eigenvalue weighted by molar-refractivity contribution is 0.910. The minimum absolute atomic E-state index is 0.535. The predicted octanol–water partition coefficient (Wildman–Crippen LogP) is 3.68. The molecular formula is C14H15ClN2. The zero-order valence-electron chi connectivity index (χ0n) is 10.0. The van der Waals surface area contributed by atoms with Crippen LogP contribution in [0.25, 0.3) is 0 Å². The quantitative estimate of drug-likeness (QED) is 0.768. The molecule has 0 saturated carbocycles. The molecule has 0 spiro atoms. The van der Waals surface area contributed by atoms with Gasteiger partial charge in [-0.25, -0.2) is 4.98 Å². The molecule has 0 saturated heterocycles. The van der Waals surface area contributed by atoms with Crippen LogP contribution in [0.1, 0.15) is 11.1 Å². The van der Waals surface area contributed by atoms with Crippen LogP contribution in [0.15, 0.2) is 42.6 Å². The molecule has 1 aromatic carbocycles. The Morgan fingerprint density at radius 3 is 2.59 bits per heavy atom. The van der Waals surface area contributed by atoms with Gasteiger partial charge in [0.2, 0.25) is 0 Å². The third-order valence-electron chi connectivity index (χ3n) is 2.74. The van der Waals surface area contributed by atoms with Gasteiger partial charge in [-0.3, -0.25) is 0 Å². The van der Waals surface area contributed by atoms with Gasteiger partial charge < -0.3 is 4.90 Å². The second-order valence-corrected chi connectivity index (χ2v) is 4.52. The Bertz CT molecular complexity index is 494. The molecule has 0 bridgehead atoms. The number of aromatic nitrogens is 1. The van der Waals surface area contributed by atoms with Gasteiger partial charge in [0, 0.05) is 25.5 Å². The molecule has 3 heteroatoms. The Morgan fingerprint density at radius 2 is 1.94 bits per heavy atom. The zero-order valence-corrected chi connectivity index (χ0v) is 10.8. The van der Waals surface area contributed by atoms with Crippen molar-refractivity contribution < 1.29 is 0 Å².